The number of fused-ring (bicyclic) bond motifs is 1. The summed E-state index contributed by atoms with van der Waals surface area (Å²) in [6.45, 7) is 0.482. The number of rotatable bonds is 6. The molecule has 0 fully saturated rings. The Bertz CT molecular complexity index is 538. The zero-order chi connectivity index (χ0) is 13.7. The third-order valence-electron chi connectivity index (χ3n) is 3.15. The van der Waals surface area contributed by atoms with E-state index in [4.69, 9.17) is 14.9 Å². The SMILES string of the molecule is COc1ccc2cc(CNC(CO)CO)ccc2c1. The van der Waals surface area contributed by atoms with Crippen molar-refractivity contribution >= 4 is 10.8 Å². The van der Waals surface area contributed by atoms with E-state index in [1.807, 2.05) is 30.3 Å². The second-order valence-electron chi connectivity index (χ2n) is 4.49. The molecule has 2 aromatic rings. The van der Waals surface area contributed by atoms with E-state index in [-0.39, 0.29) is 19.3 Å². The van der Waals surface area contributed by atoms with Gasteiger partial charge < -0.3 is 20.3 Å². The molecule has 19 heavy (non-hydrogen) atoms. The first-order valence-electron chi connectivity index (χ1n) is 6.28. The van der Waals surface area contributed by atoms with Gasteiger partial charge >= 0.3 is 0 Å². The third kappa shape index (κ3) is 3.44. The molecule has 0 aromatic heterocycles. The molecular formula is C15H19NO3. The molecule has 4 heteroatoms. The summed E-state index contributed by atoms with van der Waals surface area (Å²) in [6.07, 6.45) is 0. The standard InChI is InChI=1S/C15H19NO3/c1-19-15-5-4-12-6-11(2-3-13(12)7-15)8-16-14(9-17)10-18/h2-7,14,16-18H,8-10H2,1H3. The Hall–Kier alpha value is -1.62. The highest BCUT2D eigenvalue weighted by Gasteiger charge is 2.05. The predicted molar refractivity (Wildman–Crippen MR) is 75.3 cm³/mol. The van der Waals surface area contributed by atoms with E-state index in [2.05, 4.69) is 11.4 Å². The van der Waals surface area contributed by atoms with Gasteiger partial charge in [-0.05, 0) is 34.5 Å². The normalized spacial score (nSPS) is 11.2. The Balaban J connectivity index is 2.13. The van der Waals surface area contributed by atoms with Crippen molar-refractivity contribution in [2.45, 2.75) is 12.6 Å². The number of aliphatic hydroxyl groups is 2. The fraction of sp³-hybridized carbons (Fsp3) is 0.333. The Morgan fingerprint density at radius 2 is 1.74 bits per heavy atom. The van der Waals surface area contributed by atoms with Gasteiger partial charge in [-0.2, -0.15) is 0 Å². The molecule has 0 atom stereocenters. The van der Waals surface area contributed by atoms with E-state index < -0.39 is 0 Å². The average molecular weight is 261 g/mol. The summed E-state index contributed by atoms with van der Waals surface area (Å²) in [4.78, 5) is 0. The topological polar surface area (TPSA) is 61.7 Å². The Morgan fingerprint density at radius 3 is 2.42 bits per heavy atom. The van der Waals surface area contributed by atoms with Crippen molar-refractivity contribution in [3.63, 3.8) is 0 Å². The van der Waals surface area contributed by atoms with E-state index in [0.717, 1.165) is 22.1 Å². The van der Waals surface area contributed by atoms with Crippen LogP contribution in [0, 0.1) is 0 Å². The minimum Gasteiger partial charge on any atom is -0.497 e. The first-order chi connectivity index (χ1) is 9.26. The van der Waals surface area contributed by atoms with Gasteiger partial charge in [0.2, 0.25) is 0 Å². The van der Waals surface area contributed by atoms with Gasteiger partial charge in [0.1, 0.15) is 5.75 Å². The van der Waals surface area contributed by atoms with Crippen molar-refractivity contribution in [2.75, 3.05) is 20.3 Å². The molecule has 0 aliphatic heterocycles. The van der Waals surface area contributed by atoms with Gasteiger partial charge in [0, 0.05) is 6.54 Å². The molecule has 0 amide bonds. The van der Waals surface area contributed by atoms with E-state index >= 15 is 0 Å². The van der Waals surface area contributed by atoms with E-state index in [1.165, 1.54) is 0 Å². The Labute approximate surface area is 112 Å². The van der Waals surface area contributed by atoms with Crippen LogP contribution < -0.4 is 10.1 Å². The molecule has 0 aliphatic rings. The summed E-state index contributed by atoms with van der Waals surface area (Å²) in [7, 11) is 1.66. The zero-order valence-corrected chi connectivity index (χ0v) is 11.0. The first kappa shape index (κ1) is 13.8. The van der Waals surface area contributed by atoms with E-state index in [9.17, 15) is 0 Å². The van der Waals surface area contributed by atoms with Crippen LogP contribution in [0.25, 0.3) is 10.8 Å². The van der Waals surface area contributed by atoms with Crippen molar-refractivity contribution < 1.29 is 14.9 Å². The van der Waals surface area contributed by atoms with Crippen LogP contribution in [0.5, 0.6) is 5.75 Å². The van der Waals surface area contributed by atoms with Crippen LogP contribution in [0.15, 0.2) is 36.4 Å². The number of hydrogen-bond donors (Lipinski definition) is 3. The summed E-state index contributed by atoms with van der Waals surface area (Å²) in [5, 5.41) is 23.4. The molecule has 0 saturated carbocycles. The van der Waals surface area contributed by atoms with Crippen LogP contribution in [0.1, 0.15) is 5.56 Å². The molecule has 4 nitrogen and oxygen atoms in total. The molecule has 0 heterocycles. The van der Waals surface area contributed by atoms with Crippen molar-refractivity contribution in [1.29, 1.82) is 0 Å². The van der Waals surface area contributed by atoms with Crippen molar-refractivity contribution in [3.05, 3.63) is 42.0 Å². The lowest BCUT2D eigenvalue weighted by Crippen LogP contribution is -2.35. The zero-order valence-electron chi connectivity index (χ0n) is 11.0. The van der Waals surface area contributed by atoms with Gasteiger partial charge in [-0.25, -0.2) is 0 Å². The van der Waals surface area contributed by atoms with Gasteiger partial charge in [0.15, 0.2) is 0 Å². The molecule has 0 aliphatic carbocycles. The number of methoxy groups -OCH3 is 1. The fourth-order valence-corrected chi connectivity index (χ4v) is 1.96. The van der Waals surface area contributed by atoms with Gasteiger partial charge in [0.25, 0.3) is 0 Å². The van der Waals surface area contributed by atoms with Gasteiger partial charge in [-0.3, -0.25) is 0 Å². The quantitative estimate of drug-likeness (QED) is 0.733. The second-order valence-corrected chi connectivity index (χ2v) is 4.49. The lowest BCUT2D eigenvalue weighted by molar-refractivity contribution is 0.170. The largest absolute Gasteiger partial charge is 0.497 e. The maximum Gasteiger partial charge on any atom is 0.119 e. The lowest BCUT2D eigenvalue weighted by atomic mass is 10.1. The lowest BCUT2D eigenvalue weighted by Gasteiger charge is -2.13. The highest BCUT2D eigenvalue weighted by molar-refractivity contribution is 5.84. The minimum absolute atomic E-state index is 0.0682. The van der Waals surface area contributed by atoms with E-state index in [0.29, 0.717) is 6.54 Å². The summed E-state index contributed by atoms with van der Waals surface area (Å²) in [6, 6.07) is 11.8. The second kappa shape index (κ2) is 6.52. The van der Waals surface area contributed by atoms with Crippen LogP contribution in [-0.4, -0.2) is 36.6 Å². The fourth-order valence-electron chi connectivity index (χ4n) is 1.96. The van der Waals surface area contributed by atoms with Gasteiger partial charge in [0.05, 0.1) is 26.4 Å². The average Bonchev–Trinajstić information content (AvgIpc) is 2.47. The summed E-state index contributed by atoms with van der Waals surface area (Å²) < 4.78 is 5.19. The predicted octanol–water partition coefficient (Wildman–Crippen LogP) is 1.29. The van der Waals surface area contributed by atoms with E-state index in [1.54, 1.807) is 7.11 Å². The molecule has 3 N–H and O–H groups in total. The number of nitrogens with one attached hydrogen (secondary N) is 1. The van der Waals surface area contributed by atoms with Crippen LogP contribution in [-0.2, 0) is 6.54 Å². The smallest absolute Gasteiger partial charge is 0.119 e. The highest BCUT2D eigenvalue weighted by Crippen LogP contribution is 2.21. The number of ether oxygens (including phenoxy) is 1. The van der Waals surface area contributed by atoms with Crippen LogP contribution in [0.4, 0.5) is 0 Å². The van der Waals surface area contributed by atoms with Crippen molar-refractivity contribution in [2.24, 2.45) is 0 Å². The van der Waals surface area contributed by atoms with Crippen LogP contribution >= 0.6 is 0 Å². The molecule has 2 rings (SSSR count). The maximum atomic E-state index is 9.00. The molecule has 102 valence electrons. The molecule has 2 aromatic carbocycles. The Kier molecular flexibility index (Phi) is 4.74. The first-order valence-corrected chi connectivity index (χ1v) is 6.28. The molecular weight excluding hydrogens is 242 g/mol. The third-order valence-corrected chi connectivity index (χ3v) is 3.15. The van der Waals surface area contributed by atoms with Crippen LogP contribution in [0.2, 0.25) is 0 Å². The molecule has 0 bridgehead atoms. The number of aliphatic hydroxyl groups excluding tert-OH is 2. The maximum absolute atomic E-state index is 9.00. The van der Waals surface area contributed by atoms with Gasteiger partial charge in [-0.15, -0.1) is 0 Å². The molecule has 0 unspecified atom stereocenters. The molecule has 0 radical (unpaired) electrons. The summed E-state index contributed by atoms with van der Waals surface area (Å²) >= 11 is 0. The molecule has 0 saturated heterocycles. The number of benzene rings is 2. The number of hydrogen-bond acceptors (Lipinski definition) is 4. The van der Waals surface area contributed by atoms with Crippen molar-refractivity contribution in [1.82, 2.24) is 5.32 Å². The monoisotopic (exact) mass is 261 g/mol. The minimum atomic E-state index is -0.272. The summed E-state index contributed by atoms with van der Waals surface area (Å²) in [5.74, 6) is 0.846. The Morgan fingerprint density at radius 1 is 1.05 bits per heavy atom. The summed E-state index contributed by atoms with van der Waals surface area (Å²) in [5.41, 5.74) is 1.12. The van der Waals surface area contributed by atoms with Crippen LogP contribution in [0.3, 0.4) is 0 Å². The van der Waals surface area contributed by atoms with Gasteiger partial charge in [-0.1, -0.05) is 18.2 Å². The molecule has 0 spiro atoms. The highest BCUT2D eigenvalue weighted by atomic mass is 16.5. The van der Waals surface area contributed by atoms with Crippen molar-refractivity contribution in [3.8, 4) is 5.75 Å².